The van der Waals surface area contributed by atoms with E-state index in [0.29, 0.717) is 0 Å². The van der Waals surface area contributed by atoms with E-state index in [1.165, 1.54) is 12.1 Å². The predicted octanol–water partition coefficient (Wildman–Crippen LogP) is 0.489. The summed E-state index contributed by atoms with van der Waals surface area (Å²) in [5, 5.41) is 23.5. The monoisotopic (exact) mass is 431 g/mol. The molecule has 0 spiro atoms. The zero-order chi connectivity index (χ0) is 22.1. The van der Waals surface area contributed by atoms with Gasteiger partial charge in [0, 0.05) is 12.2 Å². The molecule has 2 aromatic carbocycles. The molecule has 2 aromatic rings. The maximum absolute atomic E-state index is 12.7. The summed E-state index contributed by atoms with van der Waals surface area (Å²) in [7, 11) is 0. The third kappa shape index (κ3) is 7.09. The number of aromatic hydroxyl groups is 1. The van der Waals surface area contributed by atoms with Crippen molar-refractivity contribution < 1.29 is 24.6 Å². The number of phenolic OH excluding ortho intramolecular Hbond substituents is 1. The zero-order valence-corrected chi connectivity index (χ0v) is 17.1. The van der Waals surface area contributed by atoms with Crippen molar-refractivity contribution in [2.75, 3.05) is 5.75 Å². The van der Waals surface area contributed by atoms with Gasteiger partial charge < -0.3 is 26.6 Å². The van der Waals surface area contributed by atoms with E-state index in [1.807, 2.05) is 6.07 Å². The fourth-order valence-electron chi connectivity index (χ4n) is 2.77. The molecule has 0 unspecified atom stereocenters. The molecule has 0 aliphatic carbocycles. The number of thiol groups is 1. The first-order valence-corrected chi connectivity index (χ1v) is 9.95. The highest BCUT2D eigenvalue weighted by Crippen LogP contribution is 2.11. The number of aliphatic carboxylic acids is 1. The molecule has 0 saturated carbocycles. The molecular weight excluding hydrogens is 406 g/mol. The van der Waals surface area contributed by atoms with Gasteiger partial charge >= 0.3 is 5.97 Å². The summed E-state index contributed by atoms with van der Waals surface area (Å²) >= 11 is 3.94. The van der Waals surface area contributed by atoms with Gasteiger partial charge in [-0.15, -0.1) is 0 Å². The van der Waals surface area contributed by atoms with Gasteiger partial charge in [-0.25, -0.2) is 4.79 Å². The largest absolute Gasteiger partial charge is 0.508 e. The van der Waals surface area contributed by atoms with Crippen LogP contribution in [0.3, 0.4) is 0 Å². The number of carbonyl (C=O) groups excluding carboxylic acids is 2. The molecule has 0 aliphatic rings. The van der Waals surface area contributed by atoms with E-state index in [0.717, 1.165) is 11.1 Å². The number of phenols is 1. The lowest BCUT2D eigenvalue weighted by Gasteiger charge is -2.22. The van der Waals surface area contributed by atoms with E-state index in [-0.39, 0.29) is 24.3 Å². The van der Waals surface area contributed by atoms with Crippen LogP contribution in [0.5, 0.6) is 5.75 Å². The Bertz CT molecular complexity index is 861. The van der Waals surface area contributed by atoms with Crippen LogP contribution in [0.4, 0.5) is 0 Å². The minimum Gasteiger partial charge on any atom is -0.508 e. The van der Waals surface area contributed by atoms with E-state index >= 15 is 0 Å². The molecule has 0 radical (unpaired) electrons. The number of nitrogens with two attached hydrogens (primary N) is 1. The standard InChI is InChI=1S/C21H25N3O5S/c22-16(10-14-6-8-15(25)9-7-14)19(26)23-17(11-13-4-2-1-3-5-13)20(27)24-18(12-30)21(28)29/h1-9,16-18,25,30H,10-12,22H2,(H,23,26)(H,24,27)(H,28,29)/t16-,17-,18-/m0/s1. The Balaban J connectivity index is 2.10. The Hall–Kier alpha value is -3.04. The normalized spacial score (nSPS) is 13.7. The van der Waals surface area contributed by atoms with Crippen LogP contribution >= 0.6 is 12.6 Å². The van der Waals surface area contributed by atoms with E-state index in [1.54, 1.807) is 36.4 Å². The number of carboxylic acids is 1. The molecule has 0 fully saturated rings. The average Bonchev–Trinajstić information content (AvgIpc) is 2.73. The van der Waals surface area contributed by atoms with Crippen molar-refractivity contribution in [3.05, 3.63) is 65.7 Å². The van der Waals surface area contributed by atoms with Crippen molar-refractivity contribution in [1.82, 2.24) is 10.6 Å². The molecule has 2 amide bonds. The first-order chi connectivity index (χ1) is 14.3. The van der Waals surface area contributed by atoms with Crippen molar-refractivity contribution >= 4 is 30.4 Å². The van der Waals surface area contributed by atoms with Gasteiger partial charge in [0.25, 0.3) is 0 Å². The number of carbonyl (C=O) groups is 3. The summed E-state index contributed by atoms with van der Waals surface area (Å²) < 4.78 is 0. The summed E-state index contributed by atoms with van der Waals surface area (Å²) in [6.07, 6.45) is 0.378. The Morgan fingerprint density at radius 2 is 1.43 bits per heavy atom. The maximum atomic E-state index is 12.7. The minimum absolute atomic E-state index is 0.0898. The fraction of sp³-hybridized carbons (Fsp3) is 0.286. The van der Waals surface area contributed by atoms with Gasteiger partial charge in [-0.05, 0) is 29.7 Å². The first kappa shape index (κ1) is 23.2. The van der Waals surface area contributed by atoms with Gasteiger partial charge in [-0.3, -0.25) is 9.59 Å². The molecule has 0 aromatic heterocycles. The van der Waals surface area contributed by atoms with Gasteiger partial charge in [0.2, 0.25) is 11.8 Å². The Kier molecular flexibility index (Phi) is 8.70. The third-order valence-corrected chi connectivity index (χ3v) is 4.81. The summed E-state index contributed by atoms with van der Waals surface area (Å²) in [6.45, 7) is 0. The van der Waals surface area contributed by atoms with Gasteiger partial charge in [-0.2, -0.15) is 12.6 Å². The smallest absolute Gasteiger partial charge is 0.327 e. The Labute approximate surface area is 179 Å². The number of rotatable bonds is 10. The number of hydrogen-bond donors (Lipinski definition) is 6. The lowest BCUT2D eigenvalue weighted by Crippen LogP contribution is -2.55. The number of amides is 2. The third-order valence-electron chi connectivity index (χ3n) is 4.44. The molecule has 8 nitrogen and oxygen atoms in total. The van der Waals surface area contributed by atoms with Crippen LogP contribution in [0.15, 0.2) is 54.6 Å². The Morgan fingerprint density at radius 1 is 0.867 bits per heavy atom. The molecule has 0 saturated heterocycles. The first-order valence-electron chi connectivity index (χ1n) is 9.32. The summed E-state index contributed by atoms with van der Waals surface area (Å²) in [6, 6.07) is 12.2. The van der Waals surface area contributed by atoms with Crippen LogP contribution in [0.2, 0.25) is 0 Å². The second-order valence-electron chi connectivity index (χ2n) is 6.81. The summed E-state index contributed by atoms with van der Waals surface area (Å²) in [5.41, 5.74) is 7.54. The highest BCUT2D eigenvalue weighted by molar-refractivity contribution is 7.80. The van der Waals surface area contributed by atoms with Crippen molar-refractivity contribution in [2.24, 2.45) is 5.73 Å². The molecule has 2 rings (SSSR count). The SMILES string of the molecule is N[C@@H](Cc1ccc(O)cc1)C(=O)N[C@@H](Cc1ccccc1)C(=O)N[C@@H](CS)C(=O)O. The minimum atomic E-state index is -1.22. The van der Waals surface area contributed by atoms with Gasteiger partial charge in [0.05, 0.1) is 6.04 Å². The van der Waals surface area contributed by atoms with E-state index in [4.69, 9.17) is 10.8 Å². The molecule has 160 valence electrons. The van der Waals surface area contributed by atoms with Crippen LogP contribution in [0, 0.1) is 0 Å². The van der Waals surface area contributed by atoms with Crippen LogP contribution in [0.1, 0.15) is 11.1 Å². The number of hydrogen-bond acceptors (Lipinski definition) is 6. The molecule has 6 N–H and O–H groups in total. The molecule has 0 bridgehead atoms. The topological polar surface area (TPSA) is 142 Å². The lowest BCUT2D eigenvalue weighted by atomic mass is 10.0. The maximum Gasteiger partial charge on any atom is 0.327 e. The van der Waals surface area contributed by atoms with Crippen molar-refractivity contribution in [3.8, 4) is 5.75 Å². The molecule has 0 heterocycles. The van der Waals surface area contributed by atoms with Crippen LogP contribution < -0.4 is 16.4 Å². The van der Waals surface area contributed by atoms with E-state index in [2.05, 4.69) is 23.3 Å². The van der Waals surface area contributed by atoms with E-state index < -0.39 is 35.9 Å². The number of benzene rings is 2. The Morgan fingerprint density at radius 3 is 2.00 bits per heavy atom. The fourth-order valence-corrected chi connectivity index (χ4v) is 3.02. The van der Waals surface area contributed by atoms with E-state index in [9.17, 15) is 19.5 Å². The summed E-state index contributed by atoms with van der Waals surface area (Å²) in [4.78, 5) is 36.5. The van der Waals surface area contributed by atoms with Crippen molar-refractivity contribution in [3.63, 3.8) is 0 Å². The summed E-state index contributed by atoms with van der Waals surface area (Å²) in [5.74, 6) is -2.38. The average molecular weight is 432 g/mol. The second kappa shape index (κ2) is 11.2. The molecule has 0 aliphatic heterocycles. The molecular formula is C21H25N3O5S. The van der Waals surface area contributed by atoms with Gasteiger partial charge in [0.15, 0.2) is 0 Å². The molecule has 30 heavy (non-hydrogen) atoms. The highest BCUT2D eigenvalue weighted by atomic mass is 32.1. The molecule has 3 atom stereocenters. The number of nitrogens with one attached hydrogen (secondary N) is 2. The van der Waals surface area contributed by atoms with Crippen molar-refractivity contribution in [1.29, 1.82) is 0 Å². The zero-order valence-electron chi connectivity index (χ0n) is 16.2. The quantitative estimate of drug-likeness (QED) is 0.302. The van der Waals surface area contributed by atoms with Crippen LogP contribution in [-0.2, 0) is 27.2 Å². The van der Waals surface area contributed by atoms with Crippen LogP contribution in [-0.4, -0.2) is 51.9 Å². The predicted molar refractivity (Wildman–Crippen MR) is 115 cm³/mol. The second-order valence-corrected chi connectivity index (χ2v) is 7.18. The van der Waals surface area contributed by atoms with Gasteiger partial charge in [0.1, 0.15) is 17.8 Å². The number of carboxylic acid groups (broad SMARTS) is 1. The highest BCUT2D eigenvalue weighted by Gasteiger charge is 2.27. The van der Waals surface area contributed by atoms with Crippen LogP contribution in [0.25, 0.3) is 0 Å². The lowest BCUT2D eigenvalue weighted by molar-refractivity contribution is -0.141. The van der Waals surface area contributed by atoms with Crippen molar-refractivity contribution in [2.45, 2.75) is 31.0 Å². The van der Waals surface area contributed by atoms with Gasteiger partial charge in [-0.1, -0.05) is 42.5 Å². The molecule has 9 heteroatoms.